The first kappa shape index (κ1) is 21.2. The largest absolute Gasteiger partial charge is 0.322 e. The maximum Gasteiger partial charge on any atom is 0.255 e. The lowest BCUT2D eigenvalue weighted by molar-refractivity contribution is -0.115. The molecule has 0 saturated carbocycles. The average molecular weight is 431 g/mol. The summed E-state index contributed by atoms with van der Waals surface area (Å²) in [6.45, 7) is 6.27. The second-order valence-electron chi connectivity index (χ2n) is 8.05. The lowest BCUT2D eigenvalue weighted by Gasteiger charge is -2.29. The van der Waals surface area contributed by atoms with Crippen LogP contribution >= 0.6 is 11.8 Å². The Morgan fingerprint density at radius 3 is 2.42 bits per heavy atom. The first-order chi connectivity index (χ1) is 15.0. The summed E-state index contributed by atoms with van der Waals surface area (Å²) in [5, 5.41) is 2.86. The van der Waals surface area contributed by atoms with Gasteiger partial charge in [-0.15, -0.1) is 11.8 Å². The number of hydrogen-bond acceptors (Lipinski definition) is 3. The number of para-hydroxylation sites is 2. The molecule has 1 N–H and O–H groups in total. The number of benzene rings is 3. The minimum absolute atomic E-state index is 0.0859. The van der Waals surface area contributed by atoms with Crippen molar-refractivity contribution in [3.05, 3.63) is 95.1 Å². The summed E-state index contributed by atoms with van der Waals surface area (Å²) in [6, 6.07) is 23.3. The Bertz CT molecular complexity index is 1110. The summed E-state index contributed by atoms with van der Waals surface area (Å²) in [4.78, 5) is 27.7. The fourth-order valence-corrected chi connectivity index (χ4v) is 5.04. The van der Waals surface area contributed by atoms with Crippen LogP contribution in [0.25, 0.3) is 0 Å². The van der Waals surface area contributed by atoms with Gasteiger partial charge in [0, 0.05) is 22.5 Å². The lowest BCUT2D eigenvalue weighted by atomic mass is 10.00. The molecule has 0 unspecified atom stereocenters. The highest BCUT2D eigenvalue weighted by Gasteiger charge is 2.36. The second-order valence-corrected chi connectivity index (χ2v) is 9.12. The fraction of sp³-hybridized carbons (Fsp3) is 0.231. The number of rotatable bonds is 5. The van der Waals surface area contributed by atoms with Gasteiger partial charge in [0.25, 0.3) is 5.91 Å². The maximum absolute atomic E-state index is 12.9. The highest BCUT2D eigenvalue weighted by Crippen LogP contribution is 2.46. The van der Waals surface area contributed by atoms with E-state index in [9.17, 15) is 9.59 Å². The molecule has 0 bridgehead atoms. The molecule has 0 aromatic heterocycles. The van der Waals surface area contributed by atoms with Gasteiger partial charge in [0.15, 0.2) is 0 Å². The number of hydrogen-bond donors (Lipinski definition) is 1. The molecule has 1 aliphatic heterocycles. The highest BCUT2D eigenvalue weighted by molar-refractivity contribution is 8.00. The van der Waals surface area contributed by atoms with Crippen LogP contribution in [0, 0.1) is 6.92 Å². The van der Waals surface area contributed by atoms with Crippen LogP contribution < -0.4 is 10.2 Å². The first-order valence-corrected chi connectivity index (χ1v) is 11.5. The number of aryl methyl sites for hydroxylation is 1. The van der Waals surface area contributed by atoms with Crippen LogP contribution in [-0.2, 0) is 4.79 Å². The van der Waals surface area contributed by atoms with E-state index in [0.717, 1.165) is 28.1 Å². The Balaban J connectivity index is 1.69. The van der Waals surface area contributed by atoms with E-state index in [1.807, 2.05) is 78.6 Å². The van der Waals surface area contributed by atoms with E-state index in [2.05, 4.69) is 25.2 Å². The van der Waals surface area contributed by atoms with Gasteiger partial charge in [0.05, 0.1) is 5.75 Å². The molecule has 5 heteroatoms. The van der Waals surface area contributed by atoms with Crippen molar-refractivity contribution in [1.29, 1.82) is 0 Å². The van der Waals surface area contributed by atoms with Crippen molar-refractivity contribution in [1.82, 2.24) is 0 Å². The number of carbonyl (C=O) groups is 2. The predicted octanol–water partition coefficient (Wildman–Crippen LogP) is 6.15. The van der Waals surface area contributed by atoms with Crippen molar-refractivity contribution in [2.24, 2.45) is 0 Å². The van der Waals surface area contributed by atoms with Crippen molar-refractivity contribution in [2.45, 2.75) is 32.1 Å². The molecule has 2 amide bonds. The monoisotopic (exact) mass is 430 g/mol. The van der Waals surface area contributed by atoms with Gasteiger partial charge in [0.1, 0.15) is 5.37 Å². The zero-order valence-corrected chi connectivity index (χ0v) is 18.8. The standard InChI is InChI=1S/C26H26N2O2S/c1-17(2)20-8-5-7-11-23(20)28-24(29)16-31-26(28)21-9-4-6-10-22(21)27-25(30)19-14-12-18(3)13-15-19/h4-15,17,26H,16H2,1-3H3,(H,27,30)/t26-/m0/s1. The summed E-state index contributed by atoms with van der Waals surface area (Å²) in [5.41, 5.74) is 5.46. The highest BCUT2D eigenvalue weighted by atomic mass is 32.2. The zero-order chi connectivity index (χ0) is 22.0. The molecule has 1 atom stereocenters. The lowest BCUT2D eigenvalue weighted by Crippen LogP contribution is -2.29. The Hall–Kier alpha value is -3.05. The van der Waals surface area contributed by atoms with E-state index in [4.69, 9.17) is 0 Å². The first-order valence-electron chi connectivity index (χ1n) is 10.4. The zero-order valence-electron chi connectivity index (χ0n) is 18.0. The number of nitrogens with zero attached hydrogens (tertiary/aromatic N) is 1. The third kappa shape index (κ3) is 4.37. The van der Waals surface area contributed by atoms with E-state index in [-0.39, 0.29) is 17.2 Å². The summed E-state index contributed by atoms with van der Waals surface area (Å²) >= 11 is 1.59. The molecule has 3 aromatic carbocycles. The van der Waals surface area contributed by atoms with Crippen molar-refractivity contribution in [2.75, 3.05) is 16.0 Å². The molecule has 3 aromatic rings. The van der Waals surface area contributed by atoms with Gasteiger partial charge in [0.2, 0.25) is 5.91 Å². The SMILES string of the molecule is Cc1ccc(C(=O)Nc2ccccc2[C@@H]2SCC(=O)N2c2ccccc2C(C)C)cc1. The second kappa shape index (κ2) is 8.98. The third-order valence-corrected chi connectivity index (χ3v) is 6.67. The van der Waals surface area contributed by atoms with Gasteiger partial charge >= 0.3 is 0 Å². The maximum atomic E-state index is 12.9. The quantitative estimate of drug-likeness (QED) is 0.528. The van der Waals surface area contributed by atoms with Gasteiger partial charge in [-0.3, -0.25) is 14.5 Å². The van der Waals surface area contributed by atoms with Crippen LogP contribution in [0.5, 0.6) is 0 Å². The van der Waals surface area contributed by atoms with Gasteiger partial charge in [-0.25, -0.2) is 0 Å². The molecule has 1 aliphatic rings. The Labute approximate surface area is 187 Å². The molecule has 0 aliphatic carbocycles. The summed E-state index contributed by atoms with van der Waals surface area (Å²) in [6.07, 6.45) is 0. The Morgan fingerprint density at radius 2 is 1.68 bits per heavy atom. The van der Waals surface area contributed by atoms with E-state index >= 15 is 0 Å². The molecule has 1 saturated heterocycles. The normalized spacial score (nSPS) is 16.1. The van der Waals surface area contributed by atoms with Crippen LogP contribution in [0.3, 0.4) is 0 Å². The summed E-state index contributed by atoms with van der Waals surface area (Å²) < 4.78 is 0. The smallest absolute Gasteiger partial charge is 0.255 e. The Morgan fingerprint density at radius 1 is 1.00 bits per heavy atom. The molecule has 1 fully saturated rings. The number of amides is 2. The minimum atomic E-state index is -0.193. The van der Waals surface area contributed by atoms with Crippen molar-refractivity contribution < 1.29 is 9.59 Å². The number of carbonyl (C=O) groups excluding carboxylic acids is 2. The molecule has 31 heavy (non-hydrogen) atoms. The van der Waals surface area contributed by atoms with Gasteiger partial charge in [-0.2, -0.15) is 0 Å². The van der Waals surface area contributed by atoms with Crippen LogP contribution in [0.4, 0.5) is 11.4 Å². The Kier molecular flexibility index (Phi) is 6.14. The molecule has 0 spiro atoms. The summed E-state index contributed by atoms with van der Waals surface area (Å²) in [5.74, 6) is 0.641. The van der Waals surface area contributed by atoms with E-state index in [1.165, 1.54) is 0 Å². The van der Waals surface area contributed by atoms with Crippen LogP contribution in [0.15, 0.2) is 72.8 Å². The molecule has 0 radical (unpaired) electrons. The van der Waals surface area contributed by atoms with Crippen LogP contribution in [0.1, 0.15) is 52.2 Å². The minimum Gasteiger partial charge on any atom is -0.322 e. The van der Waals surface area contributed by atoms with E-state index in [0.29, 0.717) is 17.2 Å². The molecule has 158 valence electrons. The van der Waals surface area contributed by atoms with Crippen molar-refractivity contribution >= 4 is 35.0 Å². The number of nitrogens with one attached hydrogen (secondary N) is 1. The van der Waals surface area contributed by atoms with Gasteiger partial charge < -0.3 is 5.32 Å². The summed E-state index contributed by atoms with van der Waals surface area (Å²) in [7, 11) is 0. The van der Waals surface area contributed by atoms with Gasteiger partial charge in [-0.05, 0) is 42.7 Å². The number of anilines is 2. The molecule has 4 nitrogen and oxygen atoms in total. The predicted molar refractivity (Wildman–Crippen MR) is 129 cm³/mol. The van der Waals surface area contributed by atoms with Crippen molar-refractivity contribution in [3.8, 4) is 0 Å². The van der Waals surface area contributed by atoms with E-state index < -0.39 is 0 Å². The van der Waals surface area contributed by atoms with Crippen LogP contribution in [0.2, 0.25) is 0 Å². The molecule has 1 heterocycles. The van der Waals surface area contributed by atoms with Crippen molar-refractivity contribution in [3.63, 3.8) is 0 Å². The fourth-order valence-electron chi connectivity index (χ4n) is 3.84. The topological polar surface area (TPSA) is 49.4 Å². The molecular weight excluding hydrogens is 404 g/mol. The number of thioether (sulfide) groups is 1. The third-order valence-electron chi connectivity index (χ3n) is 5.47. The average Bonchev–Trinajstić information content (AvgIpc) is 3.15. The van der Waals surface area contributed by atoms with Crippen LogP contribution in [-0.4, -0.2) is 17.6 Å². The molecular formula is C26H26N2O2S. The molecule has 4 rings (SSSR count). The van der Waals surface area contributed by atoms with Gasteiger partial charge in [-0.1, -0.05) is 67.9 Å². The van der Waals surface area contributed by atoms with E-state index in [1.54, 1.807) is 11.8 Å².